The van der Waals surface area contributed by atoms with E-state index in [0.717, 1.165) is 12.3 Å². The maximum Gasteiger partial charge on any atom is 0.180 e. The molecule has 1 aliphatic heterocycles. The number of ketones is 1. The van der Waals surface area contributed by atoms with Crippen molar-refractivity contribution in [2.24, 2.45) is 0 Å². The maximum absolute atomic E-state index is 12.4. The highest BCUT2D eigenvalue weighted by atomic mass is 32.2. The molecule has 0 aliphatic carbocycles. The molecular weight excluding hydrogens is 258 g/mol. The highest BCUT2D eigenvalue weighted by Crippen LogP contribution is 2.25. The first kappa shape index (κ1) is 14.4. The summed E-state index contributed by atoms with van der Waals surface area (Å²) in [5.41, 5.74) is 0.683. The van der Waals surface area contributed by atoms with Crippen molar-refractivity contribution in [1.82, 2.24) is 4.90 Å². The number of carbonyl (C=O) groups is 1. The van der Waals surface area contributed by atoms with Gasteiger partial charge in [0.25, 0.3) is 0 Å². The third-order valence-corrected chi connectivity index (χ3v) is 5.11. The van der Waals surface area contributed by atoms with Gasteiger partial charge in [-0.3, -0.25) is 9.69 Å². The van der Waals surface area contributed by atoms with Gasteiger partial charge in [0, 0.05) is 23.6 Å². The van der Waals surface area contributed by atoms with E-state index in [1.165, 1.54) is 0 Å². The molecule has 1 saturated heterocycles. The summed E-state index contributed by atoms with van der Waals surface area (Å²) < 4.78 is 5.26. The van der Waals surface area contributed by atoms with Crippen LogP contribution < -0.4 is 4.74 Å². The van der Waals surface area contributed by atoms with Crippen molar-refractivity contribution in [3.8, 4) is 5.75 Å². The summed E-state index contributed by atoms with van der Waals surface area (Å²) in [7, 11) is 1.61. The average Bonchev–Trinajstić information content (AvgIpc) is 2.43. The van der Waals surface area contributed by atoms with Crippen LogP contribution in [0.1, 0.15) is 24.2 Å². The maximum atomic E-state index is 12.4. The molecule has 0 bridgehead atoms. The second-order valence-corrected chi connectivity index (χ2v) is 6.40. The van der Waals surface area contributed by atoms with Gasteiger partial charge < -0.3 is 4.74 Å². The van der Waals surface area contributed by atoms with Gasteiger partial charge in [0.15, 0.2) is 5.78 Å². The minimum absolute atomic E-state index is 0.142. The van der Waals surface area contributed by atoms with Gasteiger partial charge in [-0.2, -0.15) is 11.8 Å². The van der Waals surface area contributed by atoms with E-state index in [-0.39, 0.29) is 5.78 Å². The topological polar surface area (TPSA) is 29.5 Å². The molecule has 3 nitrogen and oxygen atoms in total. The fourth-order valence-electron chi connectivity index (χ4n) is 2.36. The smallest absolute Gasteiger partial charge is 0.180 e. The molecule has 0 spiro atoms. The Morgan fingerprint density at radius 2 is 2.16 bits per heavy atom. The highest BCUT2D eigenvalue weighted by Gasteiger charge is 2.27. The average molecular weight is 279 g/mol. The lowest BCUT2D eigenvalue weighted by Gasteiger charge is -2.37. The van der Waals surface area contributed by atoms with E-state index in [1.54, 1.807) is 7.11 Å². The van der Waals surface area contributed by atoms with Gasteiger partial charge in [0.05, 0.1) is 19.2 Å². The van der Waals surface area contributed by atoms with Crippen LogP contribution >= 0.6 is 11.8 Å². The summed E-state index contributed by atoms with van der Waals surface area (Å²) in [5.74, 6) is 1.91. The van der Waals surface area contributed by atoms with Gasteiger partial charge in [-0.15, -0.1) is 0 Å². The Labute approximate surface area is 119 Å². The zero-order valence-corrected chi connectivity index (χ0v) is 12.6. The molecule has 19 heavy (non-hydrogen) atoms. The number of Topliss-reactive ketones (excluding diaryl/α,β-unsaturated/α-hetero) is 1. The summed E-state index contributed by atoms with van der Waals surface area (Å²) in [4.78, 5) is 14.7. The van der Waals surface area contributed by atoms with Crippen LogP contribution in [0.4, 0.5) is 0 Å². The lowest BCUT2D eigenvalue weighted by Crippen LogP contribution is -2.46. The van der Waals surface area contributed by atoms with E-state index in [4.69, 9.17) is 4.74 Å². The van der Waals surface area contributed by atoms with Gasteiger partial charge in [0.2, 0.25) is 0 Å². The minimum atomic E-state index is 0.142. The molecule has 1 heterocycles. The molecule has 1 aromatic rings. The lowest BCUT2D eigenvalue weighted by atomic mass is 10.1. The number of hydrogen-bond donors (Lipinski definition) is 0. The van der Waals surface area contributed by atoms with Crippen molar-refractivity contribution >= 4 is 17.5 Å². The molecular formula is C15H21NO2S. The minimum Gasteiger partial charge on any atom is -0.496 e. The van der Waals surface area contributed by atoms with Gasteiger partial charge in [-0.1, -0.05) is 19.1 Å². The number of thioether (sulfide) groups is 1. The molecule has 1 aromatic carbocycles. The number of rotatable bonds is 4. The molecule has 1 aliphatic rings. The zero-order valence-electron chi connectivity index (χ0n) is 11.8. The van der Waals surface area contributed by atoms with E-state index in [1.807, 2.05) is 36.0 Å². The molecule has 4 heteroatoms. The Morgan fingerprint density at radius 1 is 1.42 bits per heavy atom. The Balaban J connectivity index is 2.08. The Morgan fingerprint density at radius 3 is 2.89 bits per heavy atom. The van der Waals surface area contributed by atoms with E-state index in [0.29, 0.717) is 29.1 Å². The lowest BCUT2D eigenvalue weighted by molar-refractivity contribution is 0.0899. The number of nitrogens with zero attached hydrogens (tertiary/aromatic N) is 1. The number of ether oxygens (including phenoxy) is 1. The van der Waals surface area contributed by atoms with E-state index >= 15 is 0 Å². The van der Waals surface area contributed by atoms with Gasteiger partial charge in [0.1, 0.15) is 5.75 Å². The van der Waals surface area contributed by atoms with Crippen molar-refractivity contribution in [1.29, 1.82) is 0 Å². The normalized spacial score (nSPS) is 24.2. The van der Waals surface area contributed by atoms with Crippen LogP contribution in [0.15, 0.2) is 24.3 Å². The van der Waals surface area contributed by atoms with Crippen molar-refractivity contribution in [2.75, 3.05) is 26.0 Å². The quantitative estimate of drug-likeness (QED) is 0.793. The first-order valence-electron chi connectivity index (χ1n) is 6.65. The summed E-state index contributed by atoms with van der Waals surface area (Å²) in [6, 6.07) is 7.89. The van der Waals surface area contributed by atoms with Gasteiger partial charge in [-0.05, 0) is 19.1 Å². The second kappa shape index (κ2) is 6.44. The molecule has 2 unspecified atom stereocenters. The third-order valence-electron chi connectivity index (χ3n) is 3.77. The van der Waals surface area contributed by atoms with Gasteiger partial charge in [-0.25, -0.2) is 0 Å². The Hall–Kier alpha value is -1.00. The molecule has 0 N–H and O–H groups in total. The number of methoxy groups -OCH3 is 1. The third kappa shape index (κ3) is 3.31. The number of benzene rings is 1. The van der Waals surface area contributed by atoms with E-state index in [2.05, 4.69) is 18.7 Å². The number of para-hydroxylation sites is 1. The van der Waals surface area contributed by atoms with Gasteiger partial charge >= 0.3 is 0 Å². The van der Waals surface area contributed by atoms with Crippen LogP contribution in [0.3, 0.4) is 0 Å². The predicted octanol–water partition coefficient (Wildman–Crippen LogP) is 2.70. The molecule has 0 radical (unpaired) electrons. The van der Waals surface area contributed by atoms with Crippen LogP contribution in [0.25, 0.3) is 0 Å². The van der Waals surface area contributed by atoms with E-state index < -0.39 is 0 Å². The largest absolute Gasteiger partial charge is 0.496 e. The highest BCUT2D eigenvalue weighted by molar-refractivity contribution is 8.00. The summed E-state index contributed by atoms with van der Waals surface area (Å²) >= 11 is 1.98. The van der Waals surface area contributed by atoms with Crippen LogP contribution in [0.2, 0.25) is 0 Å². The first-order valence-corrected chi connectivity index (χ1v) is 7.70. The van der Waals surface area contributed by atoms with Crippen molar-refractivity contribution < 1.29 is 9.53 Å². The van der Waals surface area contributed by atoms with Crippen molar-refractivity contribution in [3.63, 3.8) is 0 Å². The van der Waals surface area contributed by atoms with Crippen LogP contribution in [0, 0.1) is 0 Å². The molecule has 0 aromatic heterocycles. The SMILES string of the molecule is COc1ccccc1C(=O)CN1CCSC(C)C1C. The van der Waals surface area contributed by atoms with Crippen LogP contribution in [0.5, 0.6) is 5.75 Å². The molecule has 0 amide bonds. The Bertz CT molecular complexity index is 450. The monoisotopic (exact) mass is 279 g/mol. The van der Waals surface area contributed by atoms with Crippen LogP contribution in [-0.4, -0.2) is 47.9 Å². The Kier molecular flexibility index (Phi) is 4.88. The second-order valence-electron chi connectivity index (χ2n) is 4.91. The first-order chi connectivity index (χ1) is 9.13. The van der Waals surface area contributed by atoms with Crippen molar-refractivity contribution in [2.45, 2.75) is 25.1 Å². The number of carbonyl (C=O) groups excluding carboxylic acids is 1. The fourth-order valence-corrected chi connectivity index (χ4v) is 3.53. The molecule has 2 atom stereocenters. The standard InChI is InChI=1S/C15H21NO2S/c1-11-12(2)19-9-8-16(11)10-14(17)13-6-4-5-7-15(13)18-3/h4-7,11-12H,8-10H2,1-3H3. The van der Waals surface area contributed by atoms with Crippen molar-refractivity contribution in [3.05, 3.63) is 29.8 Å². The predicted molar refractivity (Wildman–Crippen MR) is 80.3 cm³/mol. The fraction of sp³-hybridized carbons (Fsp3) is 0.533. The van der Waals surface area contributed by atoms with Crippen LogP contribution in [-0.2, 0) is 0 Å². The molecule has 104 valence electrons. The molecule has 1 fully saturated rings. The summed E-state index contributed by atoms with van der Waals surface area (Å²) in [6.45, 7) is 5.89. The molecule has 2 rings (SSSR count). The summed E-state index contributed by atoms with van der Waals surface area (Å²) in [5, 5.41) is 0.583. The molecule has 0 saturated carbocycles. The number of hydrogen-bond acceptors (Lipinski definition) is 4. The summed E-state index contributed by atoms with van der Waals surface area (Å²) in [6.07, 6.45) is 0. The van der Waals surface area contributed by atoms with E-state index in [9.17, 15) is 4.79 Å². The zero-order chi connectivity index (χ0) is 13.8.